The number of halogens is 1. The van der Waals surface area contributed by atoms with Crippen molar-refractivity contribution in [2.24, 2.45) is 5.92 Å². The minimum absolute atomic E-state index is 0.0101. The van der Waals surface area contributed by atoms with Gasteiger partial charge in [0.25, 0.3) is 0 Å². The Hall–Kier alpha value is -1.51. The van der Waals surface area contributed by atoms with E-state index in [1.165, 1.54) is 0 Å². The number of carbonyl (C=O) groups is 1. The third kappa shape index (κ3) is 3.95. The van der Waals surface area contributed by atoms with Gasteiger partial charge >= 0.3 is 0 Å². The summed E-state index contributed by atoms with van der Waals surface area (Å²) in [5, 5.41) is 5.60. The highest BCUT2D eigenvalue weighted by molar-refractivity contribution is 6.74. The normalized spacial score (nSPS) is 23.6. The molecule has 0 bridgehead atoms. The Morgan fingerprint density at radius 1 is 1.36 bits per heavy atom. The third-order valence-corrected chi connectivity index (χ3v) is 11.0. The fourth-order valence-corrected chi connectivity index (χ4v) is 5.04. The number of fused-ring (bicyclic) bond motifs is 1. The maximum absolute atomic E-state index is 12.4. The molecule has 1 aliphatic rings. The molecule has 1 fully saturated rings. The van der Waals surface area contributed by atoms with E-state index in [2.05, 4.69) is 55.9 Å². The molecule has 154 valence electrons. The first-order valence-corrected chi connectivity index (χ1v) is 13.0. The standard InChI is InChI=1S/C19H30ClN5O2Si/c1-12-15(10-25-17-14(9-22-25)8-21-18(20)23-17)24(13(2)26)11-16(12)27-28(6,7)19(3,4)5/h8-9,12,15-16H,10-11H2,1-7H3/t12-,15-,16-/m1/s1. The van der Waals surface area contributed by atoms with Gasteiger partial charge in [-0.05, 0) is 29.7 Å². The maximum atomic E-state index is 12.4. The van der Waals surface area contributed by atoms with Crippen LogP contribution in [0.2, 0.25) is 23.4 Å². The Morgan fingerprint density at radius 2 is 2.04 bits per heavy atom. The predicted molar refractivity (Wildman–Crippen MR) is 113 cm³/mol. The van der Waals surface area contributed by atoms with E-state index in [4.69, 9.17) is 16.0 Å². The zero-order valence-electron chi connectivity index (χ0n) is 17.7. The zero-order chi connectivity index (χ0) is 20.9. The monoisotopic (exact) mass is 423 g/mol. The number of amides is 1. The number of hydrogen-bond acceptors (Lipinski definition) is 5. The second-order valence-corrected chi connectivity index (χ2v) is 14.4. The zero-order valence-corrected chi connectivity index (χ0v) is 19.5. The predicted octanol–water partition coefficient (Wildman–Crippen LogP) is 3.74. The van der Waals surface area contributed by atoms with Gasteiger partial charge in [0, 0.05) is 25.6 Å². The Balaban J connectivity index is 1.86. The number of aromatic nitrogens is 4. The second-order valence-electron chi connectivity index (χ2n) is 9.26. The van der Waals surface area contributed by atoms with Crippen molar-refractivity contribution in [3.8, 4) is 0 Å². The number of rotatable bonds is 4. The van der Waals surface area contributed by atoms with Gasteiger partial charge in [-0.15, -0.1) is 0 Å². The van der Waals surface area contributed by atoms with Crippen LogP contribution in [0.4, 0.5) is 0 Å². The molecule has 0 aromatic carbocycles. The van der Waals surface area contributed by atoms with Crippen molar-refractivity contribution in [3.63, 3.8) is 0 Å². The van der Waals surface area contributed by atoms with E-state index >= 15 is 0 Å². The summed E-state index contributed by atoms with van der Waals surface area (Å²) in [4.78, 5) is 22.6. The SMILES string of the molecule is CC(=O)N1C[C@@H](O[Si](C)(C)C(C)(C)C)[C@H](C)[C@H]1Cn1ncc2cnc(Cl)nc21. The van der Waals surface area contributed by atoms with Gasteiger partial charge in [-0.3, -0.25) is 4.79 Å². The van der Waals surface area contributed by atoms with Crippen LogP contribution in [0.1, 0.15) is 34.6 Å². The molecule has 3 rings (SSSR count). The molecule has 2 aromatic rings. The molecule has 1 aliphatic heterocycles. The van der Waals surface area contributed by atoms with Crippen LogP contribution >= 0.6 is 11.6 Å². The highest BCUT2D eigenvalue weighted by Crippen LogP contribution is 2.40. The number of nitrogens with zero attached hydrogens (tertiary/aromatic N) is 5. The average Bonchev–Trinajstić information content (AvgIpc) is 3.09. The molecule has 0 radical (unpaired) electrons. The molecule has 2 aromatic heterocycles. The Kier molecular flexibility index (Phi) is 5.59. The fourth-order valence-electron chi connectivity index (χ4n) is 3.51. The van der Waals surface area contributed by atoms with E-state index in [0.29, 0.717) is 18.7 Å². The quantitative estimate of drug-likeness (QED) is 0.553. The largest absolute Gasteiger partial charge is 0.412 e. The summed E-state index contributed by atoms with van der Waals surface area (Å²) in [6.07, 6.45) is 3.42. The van der Waals surface area contributed by atoms with Crippen LogP contribution in [-0.2, 0) is 15.8 Å². The van der Waals surface area contributed by atoms with Gasteiger partial charge in [0.1, 0.15) is 0 Å². The van der Waals surface area contributed by atoms with Crippen molar-refractivity contribution in [2.75, 3.05) is 6.54 Å². The fraction of sp³-hybridized carbons (Fsp3) is 0.684. The highest BCUT2D eigenvalue weighted by Gasteiger charge is 2.46. The second kappa shape index (κ2) is 7.39. The smallest absolute Gasteiger partial charge is 0.224 e. The van der Waals surface area contributed by atoms with Crippen LogP contribution in [-0.4, -0.2) is 57.6 Å². The average molecular weight is 424 g/mol. The van der Waals surface area contributed by atoms with Crippen LogP contribution in [0, 0.1) is 5.92 Å². The van der Waals surface area contributed by atoms with Gasteiger partial charge in [-0.25, -0.2) is 9.67 Å². The van der Waals surface area contributed by atoms with Crippen LogP contribution < -0.4 is 0 Å². The lowest BCUT2D eigenvalue weighted by atomic mass is 10.0. The summed E-state index contributed by atoms with van der Waals surface area (Å²) in [7, 11) is -1.93. The van der Waals surface area contributed by atoms with E-state index in [-0.39, 0.29) is 34.3 Å². The lowest BCUT2D eigenvalue weighted by Gasteiger charge is -2.39. The van der Waals surface area contributed by atoms with E-state index in [1.807, 2.05) is 9.58 Å². The minimum atomic E-state index is -1.93. The van der Waals surface area contributed by atoms with Crippen LogP contribution in [0.15, 0.2) is 12.4 Å². The molecule has 3 atom stereocenters. The maximum Gasteiger partial charge on any atom is 0.224 e. The molecule has 1 amide bonds. The summed E-state index contributed by atoms with van der Waals surface area (Å²) in [5.41, 5.74) is 0.685. The van der Waals surface area contributed by atoms with E-state index in [0.717, 1.165) is 5.39 Å². The van der Waals surface area contributed by atoms with Gasteiger partial charge in [0.05, 0.1) is 30.3 Å². The Labute approximate surface area is 172 Å². The molecular formula is C19H30ClN5O2Si. The van der Waals surface area contributed by atoms with Crippen molar-refractivity contribution in [2.45, 2.75) is 71.4 Å². The van der Waals surface area contributed by atoms with Crippen LogP contribution in [0.5, 0.6) is 0 Å². The molecule has 1 saturated heterocycles. The van der Waals surface area contributed by atoms with E-state index < -0.39 is 8.32 Å². The van der Waals surface area contributed by atoms with Crippen molar-refractivity contribution < 1.29 is 9.22 Å². The molecule has 0 unspecified atom stereocenters. The number of hydrogen-bond donors (Lipinski definition) is 0. The van der Waals surface area contributed by atoms with Gasteiger partial charge in [-0.1, -0.05) is 27.7 Å². The number of carbonyl (C=O) groups excluding carboxylic acids is 1. The van der Waals surface area contributed by atoms with E-state index in [1.54, 1.807) is 19.3 Å². The highest BCUT2D eigenvalue weighted by atomic mass is 35.5. The van der Waals surface area contributed by atoms with E-state index in [9.17, 15) is 4.79 Å². The minimum Gasteiger partial charge on any atom is -0.412 e. The Bertz CT molecular complexity index is 879. The Morgan fingerprint density at radius 3 is 2.64 bits per heavy atom. The molecule has 0 aliphatic carbocycles. The molecule has 3 heterocycles. The first-order chi connectivity index (χ1) is 12.9. The lowest BCUT2D eigenvalue weighted by Crippen LogP contribution is -2.46. The van der Waals surface area contributed by atoms with Gasteiger partial charge in [-0.2, -0.15) is 10.1 Å². The molecule has 9 heteroatoms. The molecule has 0 spiro atoms. The molecule has 7 nitrogen and oxygen atoms in total. The topological polar surface area (TPSA) is 73.1 Å². The van der Waals surface area contributed by atoms with Gasteiger partial charge in [0.15, 0.2) is 14.0 Å². The van der Waals surface area contributed by atoms with Crippen molar-refractivity contribution in [1.82, 2.24) is 24.6 Å². The van der Waals surface area contributed by atoms with Crippen molar-refractivity contribution in [1.29, 1.82) is 0 Å². The summed E-state index contributed by atoms with van der Waals surface area (Å²) in [6, 6.07) is -0.0101. The molecule has 28 heavy (non-hydrogen) atoms. The van der Waals surface area contributed by atoms with Gasteiger partial charge < -0.3 is 9.33 Å². The first-order valence-electron chi connectivity index (χ1n) is 9.70. The van der Waals surface area contributed by atoms with Crippen LogP contribution in [0.25, 0.3) is 11.0 Å². The summed E-state index contributed by atoms with van der Waals surface area (Å²) in [6.45, 7) is 16.2. The molecular weight excluding hydrogens is 394 g/mol. The molecule has 0 saturated carbocycles. The summed E-state index contributed by atoms with van der Waals surface area (Å²) < 4.78 is 8.49. The number of likely N-dealkylation sites (tertiary alicyclic amines) is 1. The van der Waals surface area contributed by atoms with Crippen LogP contribution in [0.3, 0.4) is 0 Å². The molecule has 0 N–H and O–H groups in total. The van der Waals surface area contributed by atoms with Crippen molar-refractivity contribution >= 4 is 36.9 Å². The van der Waals surface area contributed by atoms with Crippen molar-refractivity contribution in [3.05, 3.63) is 17.7 Å². The first kappa shape index (κ1) is 21.2. The summed E-state index contributed by atoms with van der Waals surface area (Å²) in [5.74, 6) is 0.247. The van der Waals surface area contributed by atoms with Gasteiger partial charge in [0.2, 0.25) is 11.2 Å². The summed E-state index contributed by atoms with van der Waals surface area (Å²) >= 11 is 5.97. The lowest BCUT2D eigenvalue weighted by molar-refractivity contribution is -0.130. The third-order valence-electron chi connectivity index (χ3n) is 6.33.